The molecule has 2 amide bonds. The van der Waals surface area contributed by atoms with Gasteiger partial charge < -0.3 is 15.7 Å². The van der Waals surface area contributed by atoms with Crippen molar-refractivity contribution in [1.82, 2.24) is 5.32 Å². The molecule has 0 radical (unpaired) electrons. The van der Waals surface area contributed by atoms with Crippen molar-refractivity contribution in [3.63, 3.8) is 0 Å². The number of hydrogen-bond donors (Lipinski definition) is 3. The minimum atomic E-state index is -1.04. The molecule has 1 aromatic rings. The number of amides is 2. The summed E-state index contributed by atoms with van der Waals surface area (Å²) < 4.78 is 0.486. The van der Waals surface area contributed by atoms with Crippen LogP contribution >= 0.6 is 15.9 Å². The molecule has 5 nitrogen and oxygen atoms in total. The second-order valence-electron chi connectivity index (χ2n) is 4.23. The van der Waals surface area contributed by atoms with E-state index in [4.69, 9.17) is 5.11 Å². The molecule has 2 rings (SSSR count). The molecule has 18 heavy (non-hydrogen) atoms. The van der Waals surface area contributed by atoms with Crippen molar-refractivity contribution in [2.24, 2.45) is 0 Å². The number of carbonyl (C=O) groups is 2. The Labute approximate surface area is 113 Å². The van der Waals surface area contributed by atoms with Crippen LogP contribution in [-0.2, 0) is 0 Å². The number of carboxylic acids is 1. The normalized spacial score (nSPS) is 14.7. The molecule has 3 N–H and O–H groups in total. The third kappa shape index (κ3) is 3.01. The number of carbonyl (C=O) groups excluding carboxylic acids is 1. The van der Waals surface area contributed by atoms with Crippen LogP contribution in [0.3, 0.4) is 0 Å². The van der Waals surface area contributed by atoms with E-state index in [2.05, 4.69) is 26.6 Å². The maximum absolute atomic E-state index is 11.6. The van der Waals surface area contributed by atoms with Gasteiger partial charge in [-0.15, -0.1) is 0 Å². The number of aromatic carboxylic acids is 1. The lowest BCUT2D eigenvalue weighted by Gasteiger charge is -2.26. The smallest absolute Gasteiger partial charge is 0.336 e. The van der Waals surface area contributed by atoms with Gasteiger partial charge in [0.25, 0.3) is 0 Å². The lowest BCUT2D eigenvalue weighted by Crippen LogP contribution is -2.41. The van der Waals surface area contributed by atoms with Crippen molar-refractivity contribution in [3.05, 3.63) is 28.2 Å². The third-order valence-electron chi connectivity index (χ3n) is 2.90. The molecule has 0 unspecified atom stereocenters. The van der Waals surface area contributed by atoms with E-state index in [1.54, 1.807) is 12.1 Å². The summed E-state index contributed by atoms with van der Waals surface area (Å²) >= 11 is 3.15. The van der Waals surface area contributed by atoms with Gasteiger partial charge in [-0.3, -0.25) is 0 Å². The predicted octanol–water partition coefficient (Wildman–Crippen LogP) is 2.82. The fourth-order valence-electron chi connectivity index (χ4n) is 1.67. The molecule has 1 saturated carbocycles. The van der Waals surface area contributed by atoms with Crippen molar-refractivity contribution < 1.29 is 14.7 Å². The second-order valence-corrected chi connectivity index (χ2v) is 5.08. The number of urea groups is 1. The molecule has 0 aromatic heterocycles. The molecule has 0 saturated heterocycles. The zero-order valence-electron chi connectivity index (χ0n) is 9.57. The number of benzene rings is 1. The van der Waals surface area contributed by atoms with Gasteiger partial charge in [0, 0.05) is 16.2 Å². The van der Waals surface area contributed by atoms with E-state index in [0.717, 1.165) is 19.3 Å². The van der Waals surface area contributed by atoms with E-state index >= 15 is 0 Å². The van der Waals surface area contributed by atoms with Crippen LogP contribution in [0.1, 0.15) is 29.6 Å². The van der Waals surface area contributed by atoms with Crippen LogP contribution in [0.5, 0.6) is 0 Å². The van der Waals surface area contributed by atoms with Crippen molar-refractivity contribution in [1.29, 1.82) is 0 Å². The van der Waals surface area contributed by atoms with E-state index in [0.29, 0.717) is 10.2 Å². The molecule has 96 valence electrons. The van der Waals surface area contributed by atoms with Gasteiger partial charge in [0.05, 0.1) is 5.56 Å². The SMILES string of the molecule is O=C(Nc1ccc(Br)c(C(=O)O)c1)NC1CCC1. The predicted molar refractivity (Wildman–Crippen MR) is 70.9 cm³/mol. The average molecular weight is 313 g/mol. The number of nitrogens with one attached hydrogen (secondary N) is 2. The first-order valence-corrected chi connectivity index (χ1v) is 6.46. The summed E-state index contributed by atoms with van der Waals surface area (Å²) in [5.41, 5.74) is 0.587. The molecular formula is C12H13BrN2O3. The molecule has 0 atom stereocenters. The topological polar surface area (TPSA) is 78.4 Å². The van der Waals surface area contributed by atoms with E-state index < -0.39 is 5.97 Å². The Kier molecular flexibility index (Phi) is 3.86. The summed E-state index contributed by atoms with van der Waals surface area (Å²) in [5.74, 6) is -1.04. The second kappa shape index (κ2) is 5.39. The van der Waals surface area contributed by atoms with Gasteiger partial charge in [-0.05, 0) is 53.4 Å². The quantitative estimate of drug-likeness (QED) is 0.803. The summed E-state index contributed by atoms with van der Waals surface area (Å²) in [6.07, 6.45) is 3.16. The minimum Gasteiger partial charge on any atom is -0.478 e. The standard InChI is InChI=1S/C12H13BrN2O3/c13-10-5-4-8(6-9(10)11(16)17)15-12(18)14-7-2-1-3-7/h4-7H,1-3H2,(H,16,17)(H2,14,15,18). The van der Waals surface area contributed by atoms with E-state index in [-0.39, 0.29) is 17.6 Å². The Bertz CT molecular complexity index is 486. The van der Waals surface area contributed by atoms with Crippen LogP contribution in [0.25, 0.3) is 0 Å². The van der Waals surface area contributed by atoms with Crippen LogP contribution < -0.4 is 10.6 Å². The highest BCUT2D eigenvalue weighted by Gasteiger charge is 2.19. The first-order chi connectivity index (χ1) is 8.56. The fraction of sp³-hybridized carbons (Fsp3) is 0.333. The minimum absolute atomic E-state index is 0.122. The molecule has 1 aromatic carbocycles. The van der Waals surface area contributed by atoms with Crippen LogP contribution in [0.15, 0.2) is 22.7 Å². The fourth-order valence-corrected chi connectivity index (χ4v) is 2.09. The number of carboxylic acid groups (broad SMARTS) is 1. The van der Waals surface area contributed by atoms with Gasteiger partial charge in [-0.25, -0.2) is 9.59 Å². The molecule has 6 heteroatoms. The van der Waals surface area contributed by atoms with Crippen LogP contribution in [0, 0.1) is 0 Å². The Hall–Kier alpha value is -1.56. The zero-order chi connectivity index (χ0) is 13.1. The maximum Gasteiger partial charge on any atom is 0.336 e. The first kappa shape index (κ1) is 12.9. The molecular weight excluding hydrogens is 300 g/mol. The van der Waals surface area contributed by atoms with E-state index in [9.17, 15) is 9.59 Å². The number of anilines is 1. The number of rotatable bonds is 3. The van der Waals surface area contributed by atoms with E-state index in [1.807, 2.05) is 0 Å². The van der Waals surface area contributed by atoms with Gasteiger partial charge in [0.1, 0.15) is 0 Å². The van der Waals surface area contributed by atoms with Crippen LogP contribution in [-0.4, -0.2) is 23.1 Å². The first-order valence-electron chi connectivity index (χ1n) is 5.66. The third-order valence-corrected chi connectivity index (χ3v) is 3.59. The monoisotopic (exact) mass is 312 g/mol. The molecule has 1 aliphatic rings. The molecule has 0 bridgehead atoms. The Morgan fingerprint density at radius 1 is 1.33 bits per heavy atom. The summed E-state index contributed by atoms with van der Waals surface area (Å²) in [5, 5.41) is 14.4. The highest BCUT2D eigenvalue weighted by atomic mass is 79.9. The molecule has 1 fully saturated rings. The average Bonchev–Trinajstić information content (AvgIpc) is 2.26. The number of halogens is 1. The zero-order valence-corrected chi connectivity index (χ0v) is 11.2. The van der Waals surface area contributed by atoms with Gasteiger partial charge in [0.2, 0.25) is 0 Å². The van der Waals surface area contributed by atoms with Gasteiger partial charge in [-0.1, -0.05) is 0 Å². The molecule has 0 spiro atoms. The van der Waals surface area contributed by atoms with Crippen LogP contribution in [0.4, 0.5) is 10.5 Å². The maximum atomic E-state index is 11.6. The highest BCUT2D eigenvalue weighted by molar-refractivity contribution is 9.10. The summed E-state index contributed by atoms with van der Waals surface area (Å²) in [4.78, 5) is 22.5. The van der Waals surface area contributed by atoms with Gasteiger partial charge >= 0.3 is 12.0 Å². The summed E-state index contributed by atoms with van der Waals surface area (Å²) in [6.45, 7) is 0. The van der Waals surface area contributed by atoms with E-state index in [1.165, 1.54) is 6.07 Å². The van der Waals surface area contributed by atoms with Crippen molar-refractivity contribution in [2.45, 2.75) is 25.3 Å². The molecule has 0 heterocycles. The van der Waals surface area contributed by atoms with Crippen LogP contribution in [0.2, 0.25) is 0 Å². The summed E-state index contributed by atoms with van der Waals surface area (Å²) in [7, 11) is 0. The lowest BCUT2D eigenvalue weighted by atomic mass is 9.93. The lowest BCUT2D eigenvalue weighted by molar-refractivity contribution is 0.0696. The molecule has 1 aliphatic carbocycles. The Balaban J connectivity index is 2.02. The molecule has 0 aliphatic heterocycles. The van der Waals surface area contributed by atoms with Gasteiger partial charge in [-0.2, -0.15) is 0 Å². The Morgan fingerprint density at radius 3 is 2.61 bits per heavy atom. The largest absolute Gasteiger partial charge is 0.478 e. The number of hydrogen-bond acceptors (Lipinski definition) is 2. The highest BCUT2D eigenvalue weighted by Crippen LogP contribution is 2.22. The van der Waals surface area contributed by atoms with Crippen molar-refractivity contribution in [3.8, 4) is 0 Å². The summed E-state index contributed by atoms with van der Waals surface area (Å²) in [6, 6.07) is 4.63. The van der Waals surface area contributed by atoms with Gasteiger partial charge in [0.15, 0.2) is 0 Å². The Morgan fingerprint density at radius 2 is 2.06 bits per heavy atom. The van der Waals surface area contributed by atoms with Crippen molar-refractivity contribution >= 4 is 33.6 Å². The van der Waals surface area contributed by atoms with Crippen molar-refractivity contribution in [2.75, 3.05) is 5.32 Å².